The molecule has 25 heavy (non-hydrogen) atoms. The zero-order valence-corrected chi connectivity index (χ0v) is 14.3. The molecule has 4 aliphatic rings. The predicted octanol–water partition coefficient (Wildman–Crippen LogP) is 0.996. The highest BCUT2D eigenvalue weighted by Crippen LogP contribution is 2.44. The van der Waals surface area contributed by atoms with Crippen LogP contribution in [0, 0.1) is 17.8 Å². The van der Waals surface area contributed by atoms with E-state index < -0.39 is 0 Å². The molecule has 5 rings (SSSR count). The molecule has 7 nitrogen and oxygen atoms in total. The molecule has 2 saturated heterocycles. The predicted molar refractivity (Wildman–Crippen MR) is 89.1 cm³/mol. The van der Waals surface area contributed by atoms with Crippen LogP contribution in [-0.2, 0) is 16.1 Å². The molecule has 1 saturated carbocycles. The molecule has 0 N–H and O–H groups in total. The van der Waals surface area contributed by atoms with E-state index in [1.54, 1.807) is 0 Å². The van der Waals surface area contributed by atoms with E-state index in [-0.39, 0.29) is 17.9 Å². The van der Waals surface area contributed by atoms with E-state index in [0.717, 1.165) is 44.6 Å². The molecule has 3 unspecified atom stereocenters. The maximum Gasteiger partial charge on any atom is 0.226 e. The largest absolute Gasteiger partial charge is 0.338 e. The summed E-state index contributed by atoms with van der Waals surface area (Å²) in [4.78, 5) is 28.2. The zero-order chi connectivity index (χ0) is 17.0. The summed E-state index contributed by atoms with van der Waals surface area (Å²) in [5, 5.41) is 8.42. The fourth-order valence-corrected chi connectivity index (χ4v) is 4.73. The molecule has 1 aromatic heterocycles. The van der Waals surface area contributed by atoms with Gasteiger partial charge >= 0.3 is 0 Å². The number of carbonyl (C=O) groups excluding carboxylic acids is 2. The SMILES string of the molecule is O=C1CCCN1Cc1cn(C2CN(C(=O)C3CC4C=CC3C4)C2)nn1. The van der Waals surface area contributed by atoms with Crippen LogP contribution < -0.4 is 0 Å². The van der Waals surface area contributed by atoms with Crippen LogP contribution in [0.1, 0.15) is 37.4 Å². The van der Waals surface area contributed by atoms with Gasteiger partial charge in [-0.3, -0.25) is 9.59 Å². The zero-order valence-electron chi connectivity index (χ0n) is 14.3. The number of carbonyl (C=O) groups is 2. The monoisotopic (exact) mass is 341 g/mol. The van der Waals surface area contributed by atoms with Crippen LogP contribution in [0.15, 0.2) is 18.3 Å². The van der Waals surface area contributed by atoms with Crippen LogP contribution in [0.3, 0.4) is 0 Å². The number of allylic oxidation sites excluding steroid dienone is 2. The third kappa shape index (κ3) is 2.56. The fourth-order valence-electron chi connectivity index (χ4n) is 4.73. The first-order valence-electron chi connectivity index (χ1n) is 9.33. The van der Waals surface area contributed by atoms with Crippen LogP contribution in [0.4, 0.5) is 0 Å². The molecule has 3 atom stereocenters. The van der Waals surface area contributed by atoms with Crippen LogP contribution in [0.5, 0.6) is 0 Å². The molecule has 0 radical (unpaired) electrons. The Morgan fingerprint density at radius 2 is 2.12 bits per heavy atom. The lowest BCUT2D eigenvalue weighted by Crippen LogP contribution is -2.53. The summed E-state index contributed by atoms with van der Waals surface area (Å²) in [7, 11) is 0. The molecule has 7 heteroatoms. The van der Waals surface area contributed by atoms with Crippen molar-refractivity contribution in [2.75, 3.05) is 19.6 Å². The number of hydrogen-bond acceptors (Lipinski definition) is 4. The van der Waals surface area contributed by atoms with Crippen molar-refractivity contribution in [3.05, 3.63) is 24.0 Å². The molecule has 0 spiro atoms. The molecule has 2 amide bonds. The van der Waals surface area contributed by atoms with Gasteiger partial charge in [0.2, 0.25) is 11.8 Å². The third-order valence-electron chi connectivity index (χ3n) is 6.23. The summed E-state index contributed by atoms with van der Waals surface area (Å²) in [5.41, 5.74) is 0.832. The van der Waals surface area contributed by atoms with E-state index >= 15 is 0 Å². The van der Waals surface area contributed by atoms with Crippen LogP contribution >= 0.6 is 0 Å². The van der Waals surface area contributed by atoms with Crippen LogP contribution in [0.25, 0.3) is 0 Å². The van der Waals surface area contributed by atoms with Crippen molar-refractivity contribution in [1.82, 2.24) is 24.8 Å². The Morgan fingerprint density at radius 3 is 2.80 bits per heavy atom. The summed E-state index contributed by atoms with van der Waals surface area (Å²) in [6, 6.07) is 0.216. The second kappa shape index (κ2) is 5.68. The smallest absolute Gasteiger partial charge is 0.226 e. The van der Waals surface area contributed by atoms with E-state index in [0.29, 0.717) is 30.7 Å². The van der Waals surface area contributed by atoms with Gasteiger partial charge in [-0.1, -0.05) is 17.4 Å². The lowest BCUT2D eigenvalue weighted by atomic mass is 9.91. The first-order chi connectivity index (χ1) is 12.2. The average Bonchev–Trinajstić information content (AvgIpc) is 3.33. The molecule has 1 aromatic rings. The maximum absolute atomic E-state index is 12.7. The fraction of sp³-hybridized carbons (Fsp3) is 0.667. The molecular formula is C18H23N5O2. The highest BCUT2D eigenvalue weighted by molar-refractivity contribution is 5.81. The van der Waals surface area contributed by atoms with E-state index in [1.807, 2.05) is 20.7 Å². The second-order valence-electron chi connectivity index (χ2n) is 7.89. The number of nitrogens with zero attached hydrogens (tertiary/aromatic N) is 5. The number of amides is 2. The Kier molecular flexibility index (Phi) is 3.43. The highest BCUT2D eigenvalue weighted by atomic mass is 16.2. The van der Waals surface area contributed by atoms with Gasteiger partial charge in [0.1, 0.15) is 5.69 Å². The highest BCUT2D eigenvalue weighted by Gasteiger charge is 2.44. The van der Waals surface area contributed by atoms with Gasteiger partial charge in [0.05, 0.1) is 18.8 Å². The molecule has 2 bridgehead atoms. The standard InChI is InChI=1S/C18H23N5O2/c24-17-2-1-5-21(17)8-14-9-23(20-19-14)15-10-22(11-15)18(25)16-7-12-3-4-13(16)6-12/h3-4,9,12-13,15-16H,1-2,5-8,10-11H2. The van der Waals surface area contributed by atoms with Gasteiger partial charge in [0, 0.05) is 32.0 Å². The molecular weight excluding hydrogens is 318 g/mol. The van der Waals surface area contributed by atoms with Crippen molar-refractivity contribution >= 4 is 11.8 Å². The van der Waals surface area contributed by atoms with E-state index in [1.165, 1.54) is 0 Å². The lowest BCUT2D eigenvalue weighted by Gasteiger charge is -2.41. The Morgan fingerprint density at radius 1 is 1.24 bits per heavy atom. The van der Waals surface area contributed by atoms with Crippen molar-refractivity contribution in [2.45, 2.75) is 38.3 Å². The van der Waals surface area contributed by atoms with Crippen molar-refractivity contribution < 1.29 is 9.59 Å². The van der Waals surface area contributed by atoms with Gasteiger partial charge < -0.3 is 9.80 Å². The van der Waals surface area contributed by atoms with Crippen molar-refractivity contribution in [2.24, 2.45) is 17.8 Å². The average molecular weight is 341 g/mol. The van der Waals surface area contributed by atoms with Crippen molar-refractivity contribution in [1.29, 1.82) is 0 Å². The van der Waals surface area contributed by atoms with Gasteiger partial charge in [-0.25, -0.2) is 4.68 Å². The van der Waals surface area contributed by atoms with Gasteiger partial charge in [0.25, 0.3) is 0 Å². The minimum atomic E-state index is 0.198. The number of rotatable bonds is 4. The normalized spacial score (nSPS) is 31.2. The summed E-state index contributed by atoms with van der Waals surface area (Å²) < 4.78 is 1.86. The van der Waals surface area contributed by atoms with E-state index in [2.05, 4.69) is 22.5 Å². The molecule has 3 fully saturated rings. The topological polar surface area (TPSA) is 71.3 Å². The minimum Gasteiger partial charge on any atom is -0.338 e. The van der Waals surface area contributed by atoms with Crippen LogP contribution in [0.2, 0.25) is 0 Å². The Labute approximate surface area is 146 Å². The molecule has 2 aliphatic heterocycles. The van der Waals surface area contributed by atoms with Gasteiger partial charge in [-0.15, -0.1) is 5.10 Å². The summed E-state index contributed by atoms with van der Waals surface area (Å²) >= 11 is 0. The number of fused-ring (bicyclic) bond motifs is 2. The van der Waals surface area contributed by atoms with Crippen LogP contribution in [-0.4, -0.2) is 56.2 Å². The first-order valence-corrected chi connectivity index (χ1v) is 9.33. The second-order valence-corrected chi connectivity index (χ2v) is 7.89. The Hall–Kier alpha value is -2.18. The molecule has 132 valence electrons. The summed E-state index contributed by atoms with van der Waals surface area (Å²) in [6.45, 7) is 2.81. The third-order valence-corrected chi connectivity index (χ3v) is 6.23. The quantitative estimate of drug-likeness (QED) is 0.766. The van der Waals surface area contributed by atoms with E-state index in [9.17, 15) is 9.59 Å². The molecule has 0 aromatic carbocycles. The first kappa shape index (κ1) is 15.1. The van der Waals surface area contributed by atoms with Gasteiger partial charge in [-0.05, 0) is 31.1 Å². The maximum atomic E-state index is 12.7. The number of likely N-dealkylation sites (tertiary alicyclic amines) is 2. The summed E-state index contributed by atoms with van der Waals surface area (Å²) in [5.74, 6) is 1.81. The Bertz CT molecular complexity index is 736. The Balaban J connectivity index is 1.16. The number of aromatic nitrogens is 3. The summed E-state index contributed by atoms with van der Waals surface area (Å²) in [6.07, 6.45) is 10.2. The van der Waals surface area contributed by atoms with Crippen molar-refractivity contribution in [3.63, 3.8) is 0 Å². The minimum absolute atomic E-state index is 0.198. The van der Waals surface area contributed by atoms with Gasteiger partial charge in [0.15, 0.2) is 0 Å². The number of hydrogen-bond donors (Lipinski definition) is 0. The molecule has 3 heterocycles. The molecule has 2 aliphatic carbocycles. The van der Waals surface area contributed by atoms with Crippen molar-refractivity contribution in [3.8, 4) is 0 Å². The van der Waals surface area contributed by atoms with Gasteiger partial charge in [-0.2, -0.15) is 0 Å². The van der Waals surface area contributed by atoms with E-state index in [4.69, 9.17) is 0 Å². The lowest BCUT2D eigenvalue weighted by molar-refractivity contribution is -0.142.